The van der Waals surface area contributed by atoms with Crippen molar-refractivity contribution in [2.24, 2.45) is 5.92 Å². The molecule has 0 heterocycles. The number of hydrogen-bond acceptors (Lipinski definition) is 2. The van der Waals surface area contributed by atoms with Gasteiger partial charge in [0.15, 0.2) is 0 Å². The molecule has 78 valence electrons. The number of nitrogens with zero attached hydrogens (tertiary/aromatic N) is 1. The molecular formula is C13H16N2. The minimum Gasteiger partial charge on any atom is -0.381 e. The number of benzene rings is 1. The summed E-state index contributed by atoms with van der Waals surface area (Å²) in [5.74, 6) is 0.719. The summed E-state index contributed by atoms with van der Waals surface area (Å²) >= 11 is 0. The maximum atomic E-state index is 8.97. The molecule has 2 unspecified atom stereocenters. The fourth-order valence-corrected chi connectivity index (χ4v) is 2.27. The van der Waals surface area contributed by atoms with E-state index in [0.29, 0.717) is 6.04 Å². The van der Waals surface area contributed by atoms with E-state index >= 15 is 0 Å². The van der Waals surface area contributed by atoms with Crippen LogP contribution in [0, 0.1) is 17.2 Å². The van der Waals surface area contributed by atoms with Crippen LogP contribution >= 0.6 is 0 Å². The minimum atomic E-state index is 0.541. The SMILES string of the molecule is CC1CCCC1Nc1ccccc1C#N. The molecule has 1 aromatic carbocycles. The van der Waals surface area contributed by atoms with E-state index in [1.54, 1.807) is 0 Å². The standard InChI is InChI=1S/C13H16N2/c1-10-5-4-8-12(10)15-13-7-3-2-6-11(13)9-14/h2-3,6-7,10,12,15H,4-5,8H2,1H3. The highest BCUT2D eigenvalue weighted by atomic mass is 14.9. The average Bonchev–Trinajstić information content (AvgIpc) is 2.65. The van der Waals surface area contributed by atoms with Crippen LogP contribution in [-0.2, 0) is 0 Å². The molecule has 1 aliphatic rings. The molecule has 0 aliphatic heterocycles. The van der Waals surface area contributed by atoms with Gasteiger partial charge in [-0.25, -0.2) is 0 Å². The summed E-state index contributed by atoms with van der Waals surface area (Å²) in [6.45, 7) is 2.28. The molecule has 1 aromatic rings. The van der Waals surface area contributed by atoms with Crippen LogP contribution in [0.3, 0.4) is 0 Å². The lowest BCUT2D eigenvalue weighted by molar-refractivity contribution is 0.556. The predicted molar refractivity (Wildman–Crippen MR) is 61.6 cm³/mol. The van der Waals surface area contributed by atoms with E-state index in [1.807, 2.05) is 24.3 Å². The molecule has 2 atom stereocenters. The number of hydrogen-bond donors (Lipinski definition) is 1. The monoisotopic (exact) mass is 200 g/mol. The molecule has 0 bridgehead atoms. The van der Waals surface area contributed by atoms with Crippen molar-refractivity contribution in [1.82, 2.24) is 0 Å². The van der Waals surface area contributed by atoms with Crippen LogP contribution in [0.15, 0.2) is 24.3 Å². The molecule has 1 fully saturated rings. The Morgan fingerprint density at radius 1 is 1.33 bits per heavy atom. The fraction of sp³-hybridized carbons (Fsp3) is 0.462. The van der Waals surface area contributed by atoms with Gasteiger partial charge in [0.1, 0.15) is 6.07 Å². The lowest BCUT2D eigenvalue weighted by Crippen LogP contribution is -2.22. The fourth-order valence-electron chi connectivity index (χ4n) is 2.27. The van der Waals surface area contributed by atoms with Gasteiger partial charge >= 0.3 is 0 Å². The summed E-state index contributed by atoms with van der Waals surface area (Å²) in [4.78, 5) is 0. The summed E-state index contributed by atoms with van der Waals surface area (Å²) in [6, 6.07) is 10.5. The second-order valence-electron chi connectivity index (χ2n) is 4.32. The zero-order valence-corrected chi connectivity index (χ0v) is 9.03. The van der Waals surface area contributed by atoms with E-state index in [4.69, 9.17) is 5.26 Å². The van der Waals surface area contributed by atoms with Crippen molar-refractivity contribution >= 4 is 5.69 Å². The first kappa shape index (κ1) is 10.0. The van der Waals surface area contributed by atoms with Crippen LogP contribution in [0.4, 0.5) is 5.69 Å². The van der Waals surface area contributed by atoms with Gasteiger partial charge in [0.25, 0.3) is 0 Å². The Hall–Kier alpha value is -1.49. The third kappa shape index (κ3) is 2.12. The molecule has 0 amide bonds. The van der Waals surface area contributed by atoms with Gasteiger partial charge in [-0.05, 0) is 30.9 Å². The Kier molecular flexibility index (Phi) is 2.91. The Morgan fingerprint density at radius 3 is 2.80 bits per heavy atom. The molecule has 2 heteroatoms. The predicted octanol–water partition coefficient (Wildman–Crippen LogP) is 3.16. The van der Waals surface area contributed by atoms with Crippen molar-refractivity contribution < 1.29 is 0 Å². The number of rotatable bonds is 2. The van der Waals surface area contributed by atoms with Crippen LogP contribution in [0.2, 0.25) is 0 Å². The average molecular weight is 200 g/mol. The molecule has 0 radical (unpaired) electrons. The van der Waals surface area contributed by atoms with Crippen LogP contribution in [-0.4, -0.2) is 6.04 Å². The van der Waals surface area contributed by atoms with E-state index < -0.39 is 0 Å². The van der Waals surface area contributed by atoms with Crippen LogP contribution in [0.25, 0.3) is 0 Å². The largest absolute Gasteiger partial charge is 0.381 e. The Bertz CT molecular complexity index is 378. The quantitative estimate of drug-likeness (QED) is 0.796. The molecule has 2 nitrogen and oxygen atoms in total. The van der Waals surface area contributed by atoms with Gasteiger partial charge in [0.05, 0.1) is 11.3 Å². The number of para-hydroxylation sites is 1. The van der Waals surface area contributed by atoms with Gasteiger partial charge in [-0.3, -0.25) is 0 Å². The first-order chi connectivity index (χ1) is 7.31. The van der Waals surface area contributed by atoms with Gasteiger partial charge in [-0.2, -0.15) is 5.26 Å². The van der Waals surface area contributed by atoms with E-state index in [-0.39, 0.29) is 0 Å². The molecule has 15 heavy (non-hydrogen) atoms. The summed E-state index contributed by atoms with van der Waals surface area (Å²) in [7, 11) is 0. The van der Waals surface area contributed by atoms with Gasteiger partial charge in [0, 0.05) is 6.04 Å². The highest BCUT2D eigenvalue weighted by Crippen LogP contribution is 2.28. The van der Waals surface area contributed by atoms with E-state index in [1.165, 1.54) is 19.3 Å². The molecule has 1 N–H and O–H groups in total. The van der Waals surface area contributed by atoms with E-state index in [9.17, 15) is 0 Å². The summed E-state index contributed by atoms with van der Waals surface area (Å²) < 4.78 is 0. The topological polar surface area (TPSA) is 35.8 Å². The maximum absolute atomic E-state index is 8.97. The van der Waals surface area contributed by atoms with Gasteiger partial charge < -0.3 is 5.32 Å². The summed E-state index contributed by atoms with van der Waals surface area (Å²) in [5.41, 5.74) is 1.73. The van der Waals surface area contributed by atoms with Crippen molar-refractivity contribution in [3.8, 4) is 6.07 Å². The number of anilines is 1. The smallest absolute Gasteiger partial charge is 0.101 e. The molecule has 2 rings (SSSR count). The molecule has 0 aromatic heterocycles. The number of nitrogens with one attached hydrogen (secondary N) is 1. The summed E-state index contributed by atoms with van der Waals surface area (Å²) in [5, 5.41) is 12.5. The normalized spacial score (nSPS) is 24.8. The van der Waals surface area contributed by atoms with Crippen molar-refractivity contribution in [3.63, 3.8) is 0 Å². The van der Waals surface area contributed by atoms with Gasteiger partial charge in [0.2, 0.25) is 0 Å². The van der Waals surface area contributed by atoms with Crippen molar-refractivity contribution in [2.45, 2.75) is 32.2 Å². The third-order valence-electron chi connectivity index (χ3n) is 3.25. The third-order valence-corrected chi connectivity index (χ3v) is 3.25. The van der Waals surface area contributed by atoms with E-state index in [0.717, 1.165) is 17.2 Å². The van der Waals surface area contributed by atoms with Gasteiger partial charge in [-0.1, -0.05) is 25.5 Å². The van der Waals surface area contributed by atoms with Crippen molar-refractivity contribution in [2.75, 3.05) is 5.32 Å². The maximum Gasteiger partial charge on any atom is 0.101 e. The highest BCUT2D eigenvalue weighted by Gasteiger charge is 2.23. The zero-order chi connectivity index (χ0) is 10.7. The van der Waals surface area contributed by atoms with Crippen LogP contribution in [0.1, 0.15) is 31.7 Å². The zero-order valence-electron chi connectivity index (χ0n) is 9.03. The second kappa shape index (κ2) is 4.35. The summed E-state index contributed by atoms with van der Waals surface area (Å²) in [6.07, 6.45) is 3.82. The van der Waals surface area contributed by atoms with Crippen molar-refractivity contribution in [1.29, 1.82) is 5.26 Å². The molecular weight excluding hydrogens is 184 g/mol. The Labute approximate surface area is 90.9 Å². The van der Waals surface area contributed by atoms with Crippen LogP contribution < -0.4 is 5.32 Å². The first-order valence-corrected chi connectivity index (χ1v) is 5.57. The Morgan fingerprint density at radius 2 is 2.13 bits per heavy atom. The molecule has 0 spiro atoms. The molecule has 1 aliphatic carbocycles. The number of nitriles is 1. The first-order valence-electron chi connectivity index (χ1n) is 5.57. The second-order valence-corrected chi connectivity index (χ2v) is 4.32. The Balaban J connectivity index is 2.14. The van der Waals surface area contributed by atoms with Crippen LogP contribution in [0.5, 0.6) is 0 Å². The highest BCUT2D eigenvalue weighted by molar-refractivity contribution is 5.57. The lowest BCUT2D eigenvalue weighted by Gasteiger charge is -2.19. The lowest BCUT2D eigenvalue weighted by atomic mass is 10.1. The molecule has 1 saturated carbocycles. The minimum absolute atomic E-state index is 0.541. The molecule has 0 saturated heterocycles. The van der Waals surface area contributed by atoms with Crippen molar-refractivity contribution in [3.05, 3.63) is 29.8 Å². The van der Waals surface area contributed by atoms with Gasteiger partial charge in [-0.15, -0.1) is 0 Å². The van der Waals surface area contributed by atoms with E-state index in [2.05, 4.69) is 18.3 Å².